The Kier molecular flexibility index (Phi) is 5.11. The zero-order valence-electron chi connectivity index (χ0n) is 11.5. The molecule has 0 saturated heterocycles. The summed E-state index contributed by atoms with van der Waals surface area (Å²) in [5, 5.41) is 6.05. The quantitative estimate of drug-likeness (QED) is 0.802. The van der Waals surface area contributed by atoms with Gasteiger partial charge in [-0.15, -0.1) is 0 Å². The first kappa shape index (κ1) is 14.0. The van der Waals surface area contributed by atoms with Crippen molar-refractivity contribution in [2.24, 2.45) is 0 Å². The van der Waals surface area contributed by atoms with Crippen molar-refractivity contribution in [2.45, 2.75) is 19.9 Å². The molecule has 0 aliphatic heterocycles. The van der Waals surface area contributed by atoms with Crippen molar-refractivity contribution in [3.63, 3.8) is 0 Å². The van der Waals surface area contributed by atoms with Crippen LogP contribution in [0.25, 0.3) is 0 Å². The van der Waals surface area contributed by atoms with E-state index in [1.807, 2.05) is 10.8 Å². The molecule has 0 bridgehead atoms. The number of amides is 1. The minimum atomic E-state index is -0.114. The monoisotopic (exact) mass is 273 g/mol. The Hall–Kier alpha value is -2.37. The lowest BCUT2D eigenvalue weighted by molar-refractivity contribution is 0.0953. The highest BCUT2D eigenvalue weighted by molar-refractivity contribution is 5.98. The summed E-state index contributed by atoms with van der Waals surface area (Å²) in [6.45, 7) is 4.12. The lowest BCUT2D eigenvalue weighted by Gasteiger charge is -2.10. The topological polar surface area (TPSA) is 71.8 Å². The van der Waals surface area contributed by atoms with Crippen LogP contribution >= 0.6 is 0 Å². The largest absolute Gasteiger partial charge is 0.369 e. The molecular formula is C14H19N5O. The maximum Gasteiger partial charge on any atom is 0.255 e. The van der Waals surface area contributed by atoms with Gasteiger partial charge in [0.2, 0.25) is 0 Å². The van der Waals surface area contributed by atoms with Gasteiger partial charge in [0.25, 0.3) is 5.91 Å². The predicted octanol–water partition coefficient (Wildman–Crippen LogP) is 1.53. The minimum absolute atomic E-state index is 0.114. The maximum absolute atomic E-state index is 12.1. The van der Waals surface area contributed by atoms with Gasteiger partial charge in [-0.1, -0.05) is 6.92 Å². The summed E-state index contributed by atoms with van der Waals surface area (Å²) in [5.41, 5.74) is 0.576. The average Bonchev–Trinajstić information content (AvgIpc) is 2.98. The van der Waals surface area contributed by atoms with Crippen LogP contribution in [0.3, 0.4) is 0 Å². The number of hydrogen-bond acceptors (Lipinski definition) is 4. The van der Waals surface area contributed by atoms with Crippen LogP contribution in [0.2, 0.25) is 0 Å². The number of carbonyl (C=O) groups excluding carboxylic acids is 1. The highest BCUT2D eigenvalue weighted by Crippen LogP contribution is 2.11. The van der Waals surface area contributed by atoms with E-state index >= 15 is 0 Å². The van der Waals surface area contributed by atoms with Crippen LogP contribution in [0.4, 0.5) is 5.82 Å². The molecule has 0 aromatic carbocycles. The Morgan fingerprint density at radius 1 is 1.35 bits per heavy atom. The number of rotatable bonds is 7. The molecule has 6 nitrogen and oxygen atoms in total. The third-order valence-electron chi connectivity index (χ3n) is 2.81. The summed E-state index contributed by atoms with van der Waals surface area (Å²) < 4.78 is 1.92. The molecule has 6 heteroatoms. The Labute approximate surface area is 118 Å². The molecule has 0 fully saturated rings. The Morgan fingerprint density at radius 3 is 3.00 bits per heavy atom. The zero-order valence-corrected chi connectivity index (χ0v) is 11.5. The van der Waals surface area contributed by atoms with Gasteiger partial charge in [-0.25, -0.2) is 9.97 Å². The molecule has 0 atom stereocenters. The van der Waals surface area contributed by atoms with Crippen LogP contribution in [0, 0.1) is 0 Å². The molecule has 0 unspecified atom stereocenters. The Morgan fingerprint density at radius 2 is 2.25 bits per heavy atom. The van der Waals surface area contributed by atoms with E-state index in [1.165, 1.54) is 0 Å². The fraction of sp³-hybridized carbons (Fsp3) is 0.357. The number of aromatic nitrogens is 3. The SMILES string of the molecule is CCCNc1ncccc1C(=O)NCCn1ccnc1. The normalized spacial score (nSPS) is 10.2. The molecule has 106 valence electrons. The van der Waals surface area contributed by atoms with Gasteiger partial charge in [0.15, 0.2) is 0 Å². The molecule has 2 heterocycles. The van der Waals surface area contributed by atoms with Crippen LogP contribution in [-0.2, 0) is 6.54 Å². The summed E-state index contributed by atoms with van der Waals surface area (Å²) in [7, 11) is 0. The van der Waals surface area contributed by atoms with Crippen molar-refractivity contribution in [1.82, 2.24) is 19.9 Å². The van der Waals surface area contributed by atoms with Gasteiger partial charge >= 0.3 is 0 Å². The summed E-state index contributed by atoms with van der Waals surface area (Å²) in [6.07, 6.45) is 7.98. The first-order valence-electron chi connectivity index (χ1n) is 6.74. The fourth-order valence-corrected chi connectivity index (χ4v) is 1.79. The molecule has 2 N–H and O–H groups in total. The Bertz CT molecular complexity index is 538. The fourth-order valence-electron chi connectivity index (χ4n) is 1.79. The summed E-state index contributed by atoms with van der Waals surface area (Å²) >= 11 is 0. The molecule has 0 aliphatic carbocycles. The molecule has 0 saturated carbocycles. The number of pyridine rings is 1. The van der Waals surface area contributed by atoms with Crippen LogP contribution in [0.15, 0.2) is 37.1 Å². The molecule has 2 aromatic heterocycles. The number of hydrogen-bond donors (Lipinski definition) is 2. The second kappa shape index (κ2) is 7.28. The van der Waals surface area contributed by atoms with Crippen molar-refractivity contribution < 1.29 is 4.79 Å². The number of nitrogens with zero attached hydrogens (tertiary/aromatic N) is 3. The smallest absolute Gasteiger partial charge is 0.255 e. The van der Waals surface area contributed by atoms with Gasteiger partial charge in [-0.2, -0.15) is 0 Å². The first-order valence-corrected chi connectivity index (χ1v) is 6.74. The highest BCUT2D eigenvalue weighted by Gasteiger charge is 2.10. The molecule has 2 rings (SSSR count). The zero-order chi connectivity index (χ0) is 14.2. The van der Waals surface area contributed by atoms with Crippen molar-refractivity contribution in [3.05, 3.63) is 42.6 Å². The van der Waals surface area contributed by atoms with Crippen LogP contribution in [0.5, 0.6) is 0 Å². The summed E-state index contributed by atoms with van der Waals surface area (Å²) in [4.78, 5) is 20.3. The minimum Gasteiger partial charge on any atom is -0.369 e. The van der Waals surface area contributed by atoms with Gasteiger partial charge in [0.1, 0.15) is 5.82 Å². The van der Waals surface area contributed by atoms with Crippen molar-refractivity contribution >= 4 is 11.7 Å². The summed E-state index contributed by atoms with van der Waals surface area (Å²) in [6, 6.07) is 3.54. The van der Waals surface area contributed by atoms with Gasteiger partial charge in [0, 0.05) is 38.2 Å². The van der Waals surface area contributed by atoms with Gasteiger partial charge in [-0.05, 0) is 18.6 Å². The van der Waals surface area contributed by atoms with Gasteiger partial charge in [-0.3, -0.25) is 4.79 Å². The van der Waals surface area contributed by atoms with Crippen molar-refractivity contribution in [3.8, 4) is 0 Å². The van der Waals surface area contributed by atoms with Crippen LogP contribution in [-0.4, -0.2) is 33.5 Å². The van der Waals surface area contributed by atoms with E-state index in [4.69, 9.17) is 0 Å². The second-order valence-corrected chi connectivity index (χ2v) is 4.38. The van der Waals surface area contributed by atoms with E-state index in [-0.39, 0.29) is 5.91 Å². The van der Waals surface area contributed by atoms with Crippen LogP contribution < -0.4 is 10.6 Å². The lowest BCUT2D eigenvalue weighted by Crippen LogP contribution is -2.28. The summed E-state index contributed by atoms with van der Waals surface area (Å²) in [5.74, 6) is 0.520. The van der Waals surface area contributed by atoms with E-state index < -0.39 is 0 Å². The third kappa shape index (κ3) is 3.81. The molecule has 0 aliphatic rings. The average molecular weight is 273 g/mol. The number of imidazole rings is 1. The molecule has 2 aromatic rings. The van der Waals surface area contributed by atoms with E-state index in [1.54, 1.807) is 30.9 Å². The number of carbonyl (C=O) groups is 1. The molecule has 0 radical (unpaired) electrons. The maximum atomic E-state index is 12.1. The first-order chi connectivity index (χ1) is 9.81. The molecular weight excluding hydrogens is 254 g/mol. The van der Waals surface area contributed by atoms with E-state index in [2.05, 4.69) is 27.5 Å². The van der Waals surface area contributed by atoms with E-state index in [0.29, 0.717) is 24.5 Å². The number of nitrogens with one attached hydrogen (secondary N) is 2. The molecule has 0 spiro atoms. The van der Waals surface area contributed by atoms with Crippen molar-refractivity contribution in [1.29, 1.82) is 0 Å². The van der Waals surface area contributed by atoms with Gasteiger partial charge in [0.05, 0.1) is 11.9 Å². The number of anilines is 1. The van der Waals surface area contributed by atoms with Crippen LogP contribution in [0.1, 0.15) is 23.7 Å². The van der Waals surface area contributed by atoms with Crippen molar-refractivity contribution in [2.75, 3.05) is 18.4 Å². The standard InChI is InChI=1S/C14H19N5O/c1-2-5-16-13-12(4-3-6-17-13)14(20)18-8-10-19-9-7-15-11-19/h3-4,6-7,9,11H,2,5,8,10H2,1H3,(H,16,17)(H,18,20). The van der Waals surface area contributed by atoms with E-state index in [0.717, 1.165) is 13.0 Å². The third-order valence-corrected chi connectivity index (χ3v) is 2.81. The second-order valence-electron chi connectivity index (χ2n) is 4.38. The predicted molar refractivity (Wildman–Crippen MR) is 77.6 cm³/mol. The molecule has 20 heavy (non-hydrogen) atoms. The Balaban J connectivity index is 1.91. The highest BCUT2D eigenvalue weighted by atomic mass is 16.1. The van der Waals surface area contributed by atoms with E-state index in [9.17, 15) is 4.79 Å². The van der Waals surface area contributed by atoms with Gasteiger partial charge < -0.3 is 15.2 Å². The molecule has 1 amide bonds. The lowest BCUT2D eigenvalue weighted by atomic mass is 10.2.